The standard InChI is InChI=1S/C13H18BrN3/c14-11-6-16-5-4-13(11)17-7-9-2-1-3-12(15)10(9)8-17/h4-6,9-10,12H,1-3,7-8,15H2. The van der Waals surface area contributed by atoms with Gasteiger partial charge in [-0.1, -0.05) is 6.42 Å². The van der Waals surface area contributed by atoms with Crippen molar-refractivity contribution in [1.29, 1.82) is 0 Å². The molecule has 3 atom stereocenters. The molecule has 0 aromatic carbocycles. The van der Waals surface area contributed by atoms with Crippen molar-refractivity contribution in [3.8, 4) is 0 Å². The summed E-state index contributed by atoms with van der Waals surface area (Å²) >= 11 is 3.59. The lowest BCUT2D eigenvalue weighted by Gasteiger charge is -2.29. The molecule has 0 radical (unpaired) electrons. The number of fused-ring (bicyclic) bond motifs is 1. The third-order valence-electron chi connectivity index (χ3n) is 4.25. The fourth-order valence-electron chi connectivity index (χ4n) is 3.34. The van der Waals surface area contributed by atoms with Crippen molar-refractivity contribution >= 4 is 21.6 Å². The van der Waals surface area contributed by atoms with Gasteiger partial charge in [0.1, 0.15) is 0 Å². The van der Waals surface area contributed by atoms with Gasteiger partial charge in [-0.2, -0.15) is 0 Å². The molecule has 1 aliphatic heterocycles. The van der Waals surface area contributed by atoms with Crippen molar-refractivity contribution in [2.24, 2.45) is 17.6 Å². The summed E-state index contributed by atoms with van der Waals surface area (Å²) in [6.45, 7) is 2.26. The van der Waals surface area contributed by atoms with Crippen molar-refractivity contribution in [3.05, 3.63) is 22.9 Å². The number of aromatic nitrogens is 1. The molecule has 2 heterocycles. The minimum atomic E-state index is 0.402. The van der Waals surface area contributed by atoms with Crippen molar-refractivity contribution < 1.29 is 0 Å². The molecule has 3 rings (SSSR count). The Balaban J connectivity index is 1.81. The average molecular weight is 296 g/mol. The molecule has 92 valence electrons. The Kier molecular flexibility index (Phi) is 3.09. The molecule has 1 aromatic rings. The van der Waals surface area contributed by atoms with Crippen LogP contribution in [-0.4, -0.2) is 24.1 Å². The molecule has 1 saturated carbocycles. The highest BCUT2D eigenvalue weighted by Crippen LogP contribution is 2.39. The third-order valence-corrected chi connectivity index (χ3v) is 4.86. The first-order valence-electron chi connectivity index (χ1n) is 6.36. The summed E-state index contributed by atoms with van der Waals surface area (Å²) in [5.74, 6) is 1.47. The first kappa shape index (κ1) is 11.5. The first-order valence-corrected chi connectivity index (χ1v) is 7.15. The molecular formula is C13H18BrN3. The molecule has 2 fully saturated rings. The zero-order valence-corrected chi connectivity index (χ0v) is 11.4. The largest absolute Gasteiger partial charge is 0.370 e. The molecule has 3 unspecified atom stereocenters. The Bertz CT molecular complexity index is 409. The molecular weight excluding hydrogens is 278 g/mol. The molecule has 4 heteroatoms. The fourth-order valence-corrected chi connectivity index (χ4v) is 3.84. The van der Waals surface area contributed by atoms with E-state index in [4.69, 9.17) is 5.73 Å². The third kappa shape index (κ3) is 2.08. The van der Waals surface area contributed by atoms with Gasteiger partial charge in [-0.05, 0) is 46.7 Å². The first-order chi connectivity index (χ1) is 8.25. The van der Waals surface area contributed by atoms with E-state index in [1.165, 1.54) is 24.9 Å². The van der Waals surface area contributed by atoms with Crippen LogP contribution in [0.4, 0.5) is 5.69 Å². The number of hydrogen-bond donors (Lipinski definition) is 1. The zero-order valence-electron chi connectivity index (χ0n) is 9.85. The van der Waals surface area contributed by atoms with E-state index in [1.54, 1.807) is 0 Å². The number of nitrogens with zero attached hydrogens (tertiary/aromatic N) is 2. The molecule has 3 nitrogen and oxygen atoms in total. The second kappa shape index (κ2) is 4.58. The van der Waals surface area contributed by atoms with Crippen molar-refractivity contribution in [1.82, 2.24) is 4.98 Å². The van der Waals surface area contributed by atoms with Gasteiger partial charge >= 0.3 is 0 Å². The van der Waals surface area contributed by atoms with Gasteiger partial charge in [-0.25, -0.2) is 0 Å². The topological polar surface area (TPSA) is 42.1 Å². The van der Waals surface area contributed by atoms with Crippen LogP contribution in [0.3, 0.4) is 0 Å². The SMILES string of the molecule is NC1CCCC2CN(c3ccncc3Br)CC12. The number of rotatable bonds is 1. The average Bonchev–Trinajstić information content (AvgIpc) is 2.75. The van der Waals surface area contributed by atoms with E-state index in [0.29, 0.717) is 12.0 Å². The normalized spacial score (nSPS) is 32.6. The lowest BCUT2D eigenvalue weighted by Crippen LogP contribution is -2.38. The maximum atomic E-state index is 6.25. The molecule has 1 saturated heterocycles. The van der Waals surface area contributed by atoms with Gasteiger partial charge in [-0.15, -0.1) is 0 Å². The van der Waals surface area contributed by atoms with E-state index in [1.807, 2.05) is 12.4 Å². The Morgan fingerprint density at radius 2 is 2.24 bits per heavy atom. The Morgan fingerprint density at radius 3 is 3.00 bits per heavy atom. The highest BCUT2D eigenvalue weighted by Gasteiger charge is 2.39. The van der Waals surface area contributed by atoms with Gasteiger partial charge in [-0.3, -0.25) is 4.98 Å². The summed E-state index contributed by atoms with van der Waals surface area (Å²) in [5.41, 5.74) is 7.51. The number of halogens is 1. The summed E-state index contributed by atoms with van der Waals surface area (Å²) in [6, 6.07) is 2.49. The number of anilines is 1. The second-order valence-corrected chi connectivity index (χ2v) is 6.11. The number of hydrogen-bond acceptors (Lipinski definition) is 3. The predicted octanol–water partition coefficient (Wildman–Crippen LogP) is 2.41. The van der Waals surface area contributed by atoms with E-state index in [-0.39, 0.29) is 0 Å². The van der Waals surface area contributed by atoms with Crippen LogP contribution in [0.25, 0.3) is 0 Å². The van der Waals surface area contributed by atoms with Crippen LogP contribution in [0.1, 0.15) is 19.3 Å². The van der Waals surface area contributed by atoms with Crippen LogP contribution in [0.15, 0.2) is 22.9 Å². The van der Waals surface area contributed by atoms with E-state index in [9.17, 15) is 0 Å². The Morgan fingerprint density at radius 1 is 1.35 bits per heavy atom. The highest BCUT2D eigenvalue weighted by atomic mass is 79.9. The molecule has 0 spiro atoms. The van der Waals surface area contributed by atoms with Gasteiger partial charge in [0.2, 0.25) is 0 Å². The van der Waals surface area contributed by atoms with Crippen molar-refractivity contribution in [2.45, 2.75) is 25.3 Å². The lowest BCUT2D eigenvalue weighted by atomic mass is 9.78. The summed E-state index contributed by atoms with van der Waals surface area (Å²) < 4.78 is 1.09. The van der Waals surface area contributed by atoms with Gasteiger partial charge in [0.15, 0.2) is 0 Å². The highest BCUT2D eigenvalue weighted by molar-refractivity contribution is 9.10. The fraction of sp³-hybridized carbons (Fsp3) is 0.615. The summed E-state index contributed by atoms with van der Waals surface area (Å²) in [5, 5.41) is 0. The van der Waals surface area contributed by atoms with Crippen molar-refractivity contribution in [3.63, 3.8) is 0 Å². The molecule has 17 heavy (non-hydrogen) atoms. The van der Waals surface area contributed by atoms with Crippen LogP contribution >= 0.6 is 15.9 Å². The Hall–Kier alpha value is -0.610. The van der Waals surface area contributed by atoms with Crippen LogP contribution in [0.2, 0.25) is 0 Å². The lowest BCUT2D eigenvalue weighted by molar-refractivity contribution is 0.260. The van der Waals surface area contributed by atoms with Crippen molar-refractivity contribution in [2.75, 3.05) is 18.0 Å². The second-order valence-electron chi connectivity index (χ2n) is 5.25. The quantitative estimate of drug-likeness (QED) is 0.865. The number of nitrogens with two attached hydrogens (primary N) is 1. The van der Waals surface area contributed by atoms with Crippen LogP contribution < -0.4 is 10.6 Å². The zero-order chi connectivity index (χ0) is 11.8. The molecule has 2 aliphatic rings. The summed E-state index contributed by atoms with van der Waals surface area (Å²) in [7, 11) is 0. The molecule has 2 N–H and O–H groups in total. The number of pyridine rings is 1. The summed E-state index contributed by atoms with van der Waals surface area (Å²) in [6.07, 6.45) is 7.58. The minimum Gasteiger partial charge on any atom is -0.370 e. The van der Waals surface area contributed by atoms with Gasteiger partial charge in [0.05, 0.1) is 10.2 Å². The maximum absolute atomic E-state index is 6.25. The summed E-state index contributed by atoms with van der Waals surface area (Å²) in [4.78, 5) is 6.59. The smallest absolute Gasteiger partial charge is 0.0592 e. The van der Waals surface area contributed by atoms with Gasteiger partial charge in [0, 0.05) is 31.5 Å². The maximum Gasteiger partial charge on any atom is 0.0592 e. The molecule has 0 amide bonds. The van der Waals surface area contributed by atoms with Gasteiger partial charge < -0.3 is 10.6 Å². The molecule has 1 aliphatic carbocycles. The van der Waals surface area contributed by atoms with Crippen LogP contribution in [-0.2, 0) is 0 Å². The molecule has 0 bridgehead atoms. The monoisotopic (exact) mass is 295 g/mol. The minimum absolute atomic E-state index is 0.402. The Labute approximate surface area is 111 Å². The van der Waals surface area contributed by atoms with E-state index in [2.05, 4.69) is 31.9 Å². The van der Waals surface area contributed by atoms with E-state index >= 15 is 0 Å². The van der Waals surface area contributed by atoms with Crippen LogP contribution in [0.5, 0.6) is 0 Å². The van der Waals surface area contributed by atoms with E-state index in [0.717, 1.165) is 23.5 Å². The van der Waals surface area contributed by atoms with E-state index < -0.39 is 0 Å². The van der Waals surface area contributed by atoms with Gasteiger partial charge in [0.25, 0.3) is 0 Å². The predicted molar refractivity (Wildman–Crippen MR) is 73.0 cm³/mol. The molecule has 1 aromatic heterocycles. The van der Waals surface area contributed by atoms with Crippen LogP contribution in [0, 0.1) is 11.8 Å².